The second kappa shape index (κ2) is 5.23. The van der Waals surface area contributed by atoms with Gasteiger partial charge in [0.25, 0.3) is 0 Å². The standard InChI is InChI=1S/C16H13BrN4/c1-20-10-11(17)7-8-14(20)12(9-18)16-19-13-5-3-4-6-15(13)21(16)2/h3-8,10H,1-2H3/b14-12+. The fourth-order valence-corrected chi connectivity index (χ4v) is 2.86. The SMILES string of the molecule is CN1C=C(Br)C=C/C1=C(/C#N)c1nc2ccccc2n1C. The molecule has 0 bridgehead atoms. The van der Waals surface area contributed by atoms with Gasteiger partial charge in [-0.1, -0.05) is 12.1 Å². The van der Waals surface area contributed by atoms with Gasteiger partial charge < -0.3 is 9.47 Å². The zero-order chi connectivity index (χ0) is 15.0. The highest BCUT2D eigenvalue weighted by atomic mass is 79.9. The lowest BCUT2D eigenvalue weighted by molar-refractivity contribution is 0.585. The van der Waals surface area contributed by atoms with E-state index in [0.717, 1.165) is 21.2 Å². The van der Waals surface area contributed by atoms with E-state index in [-0.39, 0.29) is 0 Å². The minimum Gasteiger partial charge on any atom is -0.349 e. The first-order valence-corrected chi connectivity index (χ1v) is 7.25. The number of imidazole rings is 1. The maximum absolute atomic E-state index is 9.61. The van der Waals surface area contributed by atoms with Gasteiger partial charge in [-0.15, -0.1) is 0 Å². The minimum atomic E-state index is 0.559. The molecule has 3 rings (SSSR count). The summed E-state index contributed by atoms with van der Waals surface area (Å²) in [6.07, 6.45) is 5.77. The van der Waals surface area contributed by atoms with Gasteiger partial charge in [0.15, 0.2) is 5.82 Å². The van der Waals surface area contributed by atoms with Crippen molar-refractivity contribution in [2.75, 3.05) is 7.05 Å². The summed E-state index contributed by atoms with van der Waals surface area (Å²) in [4.78, 5) is 6.52. The van der Waals surface area contributed by atoms with Crippen molar-refractivity contribution in [1.29, 1.82) is 5.26 Å². The van der Waals surface area contributed by atoms with Gasteiger partial charge >= 0.3 is 0 Å². The summed E-state index contributed by atoms with van der Waals surface area (Å²) in [5, 5.41) is 9.61. The van der Waals surface area contributed by atoms with Gasteiger partial charge in [0.05, 0.1) is 16.7 Å². The van der Waals surface area contributed by atoms with Crippen LogP contribution in [0.3, 0.4) is 0 Å². The summed E-state index contributed by atoms with van der Waals surface area (Å²) in [7, 11) is 3.85. The molecule has 1 aliphatic rings. The molecule has 21 heavy (non-hydrogen) atoms. The molecule has 0 saturated heterocycles. The zero-order valence-electron chi connectivity index (χ0n) is 11.7. The van der Waals surface area contributed by atoms with Crippen molar-refractivity contribution < 1.29 is 0 Å². The third kappa shape index (κ3) is 2.28. The van der Waals surface area contributed by atoms with E-state index in [0.29, 0.717) is 11.4 Å². The van der Waals surface area contributed by atoms with Crippen molar-refractivity contribution >= 4 is 32.5 Å². The average molecular weight is 341 g/mol. The number of likely N-dealkylation sites (N-methyl/N-ethyl adjacent to an activating group) is 1. The van der Waals surface area contributed by atoms with Crippen LogP contribution in [0.15, 0.2) is 52.8 Å². The number of fused-ring (bicyclic) bond motifs is 1. The van der Waals surface area contributed by atoms with Crippen LogP contribution in [-0.2, 0) is 7.05 Å². The highest BCUT2D eigenvalue weighted by molar-refractivity contribution is 9.11. The first-order valence-electron chi connectivity index (χ1n) is 6.46. The summed E-state index contributed by atoms with van der Waals surface area (Å²) in [6.45, 7) is 0. The molecule has 1 aromatic carbocycles. The fourth-order valence-electron chi connectivity index (χ4n) is 2.42. The largest absolute Gasteiger partial charge is 0.349 e. The monoisotopic (exact) mass is 340 g/mol. The molecule has 0 atom stereocenters. The van der Waals surface area contributed by atoms with Gasteiger partial charge in [0.1, 0.15) is 11.6 Å². The Morgan fingerprint density at radius 3 is 2.67 bits per heavy atom. The second-order valence-corrected chi connectivity index (χ2v) is 5.73. The summed E-state index contributed by atoms with van der Waals surface area (Å²) >= 11 is 3.43. The van der Waals surface area contributed by atoms with Crippen molar-refractivity contribution in [3.05, 3.63) is 58.6 Å². The molecule has 1 aliphatic heterocycles. The fraction of sp³-hybridized carbons (Fsp3) is 0.125. The lowest BCUT2D eigenvalue weighted by Crippen LogP contribution is -2.14. The van der Waals surface area contributed by atoms with Crippen molar-refractivity contribution in [1.82, 2.24) is 14.5 Å². The molecule has 2 heterocycles. The molecule has 1 aromatic heterocycles. The van der Waals surface area contributed by atoms with Crippen molar-refractivity contribution in [3.63, 3.8) is 0 Å². The predicted octanol–water partition coefficient (Wildman–Crippen LogP) is 3.55. The Kier molecular flexibility index (Phi) is 3.40. The van der Waals surface area contributed by atoms with Crippen LogP contribution in [0.5, 0.6) is 0 Å². The Hall–Kier alpha value is -2.32. The molecular weight excluding hydrogens is 328 g/mol. The van der Waals surface area contributed by atoms with Gasteiger partial charge in [-0.2, -0.15) is 5.26 Å². The first kappa shape index (κ1) is 13.7. The normalized spacial score (nSPS) is 16.9. The van der Waals surface area contributed by atoms with Crippen LogP contribution in [0.2, 0.25) is 0 Å². The number of aryl methyl sites for hydroxylation is 1. The summed E-state index contributed by atoms with van der Waals surface area (Å²) in [6, 6.07) is 10.2. The topological polar surface area (TPSA) is 44.9 Å². The van der Waals surface area contributed by atoms with E-state index in [1.54, 1.807) is 0 Å². The number of nitrogens with zero attached hydrogens (tertiary/aromatic N) is 4. The summed E-state index contributed by atoms with van der Waals surface area (Å²) in [5.74, 6) is 0.677. The van der Waals surface area contributed by atoms with Crippen molar-refractivity contribution in [3.8, 4) is 6.07 Å². The van der Waals surface area contributed by atoms with Crippen molar-refractivity contribution in [2.45, 2.75) is 0 Å². The van der Waals surface area contributed by atoms with Gasteiger partial charge in [-0.3, -0.25) is 0 Å². The highest BCUT2D eigenvalue weighted by Gasteiger charge is 2.18. The van der Waals surface area contributed by atoms with Gasteiger partial charge in [0.2, 0.25) is 0 Å². The molecule has 0 radical (unpaired) electrons. The van der Waals surface area contributed by atoms with E-state index in [4.69, 9.17) is 0 Å². The molecule has 0 spiro atoms. The number of para-hydroxylation sites is 2. The molecule has 4 nitrogen and oxygen atoms in total. The second-order valence-electron chi connectivity index (χ2n) is 4.81. The summed E-state index contributed by atoms with van der Waals surface area (Å²) < 4.78 is 2.92. The molecule has 0 fully saturated rings. The lowest BCUT2D eigenvalue weighted by atomic mass is 10.1. The Morgan fingerprint density at radius 1 is 1.24 bits per heavy atom. The van der Waals surface area contributed by atoms with Crippen LogP contribution in [0.4, 0.5) is 0 Å². The lowest BCUT2D eigenvalue weighted by Gasteiger charge is -2.20. The third-order valence-corrected chi connectivity index (χ3v) is 3.95. The molecule has 0 saturated carbocycles. The molecule has 5 heteroatoms. The van der Waals surface area contributed by atoms with Gasteiger partial charge in [-0.05, 0) is 40.2 Å². The molecule has 0 aliphatic carbocycles. The maximum Gasteiger partial charge on any atom is 0.153 e. The summed E-state index contributed by atoms with van der Waals surface area (Å²) in [5.41, 5.74) is 3.30. The van der Waals surface area contributed by atoms with Crippen LogP contribution in [0, 0.1) is 11.3 Å². The van der Waals surface area contributed by atoms with Gasteiger partial charge in [0, 0.05) is 24.8 Å². The molecule has 0 N–H and O–H groups in total. The number of halogens is 1. The zero-order valence-corrected chi connectivity index (χ0v) is 13.3. The van der Waals surface area contributed by atoms with E-state index in [2.05, 4.69) is 27.0 Å². The molecule has 2 aromatic rings. The van der Waals surface area contributed by atoms with E-state index >= 15 is 0 Å². The Morgan fingerprint density at radius 2 is 2.00 bits per heavy atom. The van der Waals surface area contributed by atoms with E-state index < -0.39 is 0 Å². The maximum atomic E-state index is 9.61. The van der Waals surface area contributed by atoms with Crippen molar-refractivity contribution in [2.24, 2.45) is 7.05 Å². The number of hydrogen-bond donors (Lipinski definition) is 0. The van der Waals surface area contributed by atoms with Crippen LogP contribution in [-0.4, -0.2) is 21.5 Å². The van der Waals surface area contributed by atoms with Crippen LogP contribution in [0.1, 0.15) is 5.82 Å². The number of allylic oxidation sites excluding steroid dienone is 4. The smallest absolute Gasteiger partial charge is 0.153 e. The Labute approximate surface area is 131 Å². The average Bonchev–Trinajstić information content (AvgIpc) is 2.80. The first-order chi connectivity index (χ1) is 10.1. The highest BCUT2D eigenvalue weighted by Crippen LogP contribution is 2.27. The Bertz CT molecular complexity index is 849. The molecule has 0 unspecified atom stereocenters. The molecule has 0 amide bonds. The van der Waals surface area contributed by atoms with Gasteiger partial charge in [-0.25, -0.2) is 4.98 Å². The number of hydrogen-bond acceptors (Lipinski definition) is 3. The third-order valence-electron chi connectivity index (χ3n) is 3.48. The molecular formula is C16H13BrN4. The van der Waals surface area contributed by atoms with Crippen LogP contribution >= 0.6 is 15.9 Å². The number of benzene rings is 1. The number of rotatable bonds is 1. The minimum absolute atomic E-state index is 0.559. The number of aromatic nitrogens is 2. The Balaban J connectivity index is 2.23. The van der Waals surface area contributed by atoms with E-state index in [1.807, 2.05) is 66.2 Å². The van der Waals surface area contributed by atoms with Crippen LogP contribution in [0.25, 0.3) is 16.6 Å². The number of nitriles is 1. The molecule has 104 valence electrons. The predicted molar refractivity (Wildman–Crippen MR) is 87.2 cm³/mol. The quantitative estimate of drug-likeness (QED) is 0.745. The van der Waals surface area contributed by atoms with Crippen LogP contribution < -0.4 is 0 Å². The van der Waals surface area contributed by atoms with E-state index in [1.165, 1.54) is 0 Å². The van der Waals surface area contributed by atoms with E-state index in [9.17, 15) is 5.26 Å².